The Morgan fingerprint density at radius 1 is 1.04 bits per heavy atom. The highest BCUT2D eigenvalue weighted by atomic mass is 15.5. The third-order valence-electron chi connectivity index (χ3n) is 4.38. The second-order valence-electron chi connectivity index (χ2n) is 5.67. The van der Waals surface area contributed by atoms with Crippen molar-refractivity contribution < 1.29 is 0 Å². The Hall–Kier alpha value is -3.15. The van der Waals surface area contributed by atoms with Crippen molar-refractivity contribution in [2.24, 2.45) is 0 Å². The first-order valence-corrected chi connectivity index (χ1v) is 7.58. The highest BCUT2D eigenvalue weighted by molar-refractivity contribution is 5.93. The second-order valence-corrected chi connectivity index (χ2v) is 5.67. The first-order chi connectivity index (χ1) is 11.4. The molecule has 23 heavy (non-hydrogen) atoms. The summed E-state index contributed by atoms with van der Waals surface area (Å²) in [5, 5.41) is 19.2. The van der Waals surface area contributed by atoms with Crippen LogP contribution in [-0.2, 0) is 13.0 Å². The molecule has 112 valence electrons. The molecule has 0 atom stereocenters. The van der Waals surface area contributed by atoms with Gasteiger partial charge in [0.25, 0.3) is 0 Å². The van der Waals surface area contributed by atoms with E-state index in [0.29, 0.717) is 12.2 Å². The SMILES string of the molecule is c1ccc2c(c1)CNc1c(Cc3nn[nH]n3)c3ccccc3n1-2. The number of para-hydroxylation sites is 2. The van der Waals surface area contributed by atoms with Crippen molar-refractivity contribution in [2.45, 2.75) is 13.0 Å². The number of H-pyrrole nitrogens is 1. The molecule has 0 saturated carbocycles. The average Bonchev–Trinajstić information content (AvgIpc) is 3.22. The lowest BCUT2D eigenvalue weighted by Crippen LogP contribution is -2.15. The van der Waals surface area contributed by atoms with E-state index in [1.807, 2.05) is 0 Å². The monoisotopic (exact) mass is 302 g/mol. The van der Waals surface area contributed by atoms with Crippen molar-refractivity contribution in [3.8, 4) is 5.69 Å². The predicted molar refractivity (Wildman–Crippen MR) is 87.6 cm³/mol. The van der Waals surface area contributed by atoms with Gasteiger partial charge in [-0.1, -0.05) is 41.6 Å². The summed E-state index contributed by atoms with van der Waals surface area (Å²) in [7, 11) is 0. The van der Waals surface area contributed by atoms with Crippen LogP contribution in [0, 0.1) is 0 Å². The highest BCUT2D eigenvalue weighted by Gasteiger charge is 2.23. The van der Waals surface area contributed by atoms with Crippen molar-refractivity contribution in [1.82, 2.24) is 25.2 Å². The van der Waals surface area contributed by atoms with Gasteiger partial charge in [-0.05, 0) is 17.7 Å². The summed E-state index contributed by atoms with van der Waals surface area (Å²) in [6.07, 6.45) is 0.647. The van der Waals surface area contributed by atoms with E-state index >= 15 is 0 Å². The van der Waals surface area contributed by atoms with Crippen molar-refractivity contribution in [1.29, 1.82) is 0 Å². The number of rotatable bonds is 2. The first-order valence-electron chi connectivity index (χ1n) is 7.58. The van der Waals surface area contributed by atoms with E-state index in [-0.39, 0.29) is 0 Å². The number of benzene rings is 2. The van der Waals surface area contributed by atoms with E-state index in [4.69, 9.17) is 0 Å². The van der Waals surface area contributed by atoms with E-state index in [9.17, 15) is 0 Å². The molecule has 0 amide bonds. The Morgan fingerprint density at radius 2 is 1.91 bits per heavy atom. The summed E-state index contributed by atoms with van der Waals surface area (Å²) in [5.41, 5.74) is 4.93. The summed E-state index contributed by atoms with van der Waals surface area (Å²) < 4.78 is 2.30. The van der Waals surface area contributed by atoms with Crippen LogP contribution in [0.4, 0.5) is 5.82 Å². The zero-order valence-corrected chi connectivity index (χ0v) is 12.3. The fourth-order valence-electron chi connectivity index (χ4n) is 3.39. The number of aromatic amines is 1. The van der Waals surface area contributed by atoms with Crippen LogP contribution in [0.3, 0.4) is 0 Å². The van der Waals surface area contributed by atoms with Gasteiger partial charge in [-0.15, -0.1) is 10.2 Å². The van der Waals surface area contributed by atoms with Crippen LogP contribution < -0.4 is 5.32 Å². The third-order valence-corrected chi connectivity index (χ3v) is 4.38. The second kappa shape index (κ2) is 4.67. The quantitative estimate of drug-likeness (QED) is 0.597. The molecule has 0 spiro atoms. The molecular weight excluding hydrogens is 288 g/mol. The lowest BCUT2D eigenvalue weighted by Gasteiger charge is -2.22. The van der Waals surface area contributed by atoms with Crippen molar-refractivity contribution in [3.05, 3.63) is 65.5 Å². The van der Waals surface area contributed by atoms with Gasteiger partial charge in [0.05, 0.1) is 11.2 Å². The number of anilines is 1. The van der Waals surface area contributed by atoms with E-state index in [1.54, 1.807) is 0 Å². The molecule has 1 aliphatic rings. The maximum absolute atomic E-state index is 4.11. The molecule has 1 aliphatic heterocycles. The number of nitrogens with zero attached hydrogens (tertiary/aromatic N) is 4. The van der Waals surface area contributed by atoms with E-state index < -0.39 is 0 Å². The Kier molecular flexibility index (Phi) is 2.52. The zero-order valence-electron chi connectivity index (χ0n) is 12.3. The van der Waals surface area contributed by atoms with Gasteiger partial charge >= 0.3 is 0 Å². The Balaban J connectivity index is 1.81. The number of hydrogen-bond donors (Lipinski definition) is 2. The van der Waals surface area contributed by atoms with Crippen LogP contribution >= 0.6 is 0 Å². The molecule has 0 bridgehead atoms. The van der Waals surface area contributed by atoms with Crippen LogP contribution in [-0.4, -0.2) is 25.2 Å². The van der Waals surface area contributed by atoms with Crippen LogP contribution in [0.5, 0.6) is 0 Å². The Labute approximate surface area is 132 Å². The van der Waals surface area contributed by atoms with E-state index in [2.05, 4.69) is 79.0 Å². The zero-order chi connectivity index (χ0) is 15.2. The van der Waals surface area contributed by atoms with E-state index in [1.165, 1.54) is 27.7 Å². The number of fused-ring (bicyclic) bond motifs is 5. The fraction of sp³-hybridized carbons (Fsp3) is 0.118. The molecule has 2 aromatic carbocycles. The lowest BCUT2D eigenvalue weighted by molar-refractivity contribution is 0.881. The van der Waals surface area contributed by atoms with Crippen LogP contribution in [0.15, 0.2) is 48.5 Å². The van der Waals surface area contributed by atoms with Crippen molar-refractivity contribution in [3.63, 3.8) is 0 Å². The van der Waals surface area contributed by atoms with Gasteiger partial charge in [0.2, 0.25) is 0 Å². The minimum Gasteiger partial charge on any atom is -0.367 e. The molecule has 0 unspecified atom stereocenters. The molecule has 6 nitrogen and oxygen atoms in total. The lowest BCUT2D eigenvalue weighted by atomic mass is 10.1. The maximum Gasteiger partial charge on any atom is 0.179 e. The largest absolute Gasteiger partial charge is 0.367 e. The predicted octanol–water partition coefficient (Wildman–Crippen LogP) is 2.66. The van der Waals surface area contributed by atoms with Gasteiger partial charge in [0.15, 0.2) is 5.82 Å². The molecule has 4 aromatic rings. The number of tetrazole rings is 1. The first kappa shape index (κ1) is 12.4. The Morgan fingerprint density at radius 3 is 2.83 bits per heavy atom. The third kappa shape index (κ3) is 1.78. The average molecular weight is 302 g/mol. The Bertz CT molecular complexity index is 999. The van der Waals surface area contributed by atoms with Crippen molar-refractivity contribution in [2.75, 3.05) is 5.32 Å². The van der Waals surface area contributed by atoms with Gasteiger partial charge in [0, 0.05) is 23.9 Å². The minimum absolute atomic E-state index is 0.647. The summed E-state index contributed by atoms with van der Waals surface area (Å²) in [4.78, 5) is 0. The number of hydrogen-bond acceptors (Lipinski definition) is 4. The molecular formula is C17H14N6. The summed E-state index contributed by atoms with van der Waals surface area (Å²) in [5.74, 6) is 1.82. The molecule has 2 N–H and O–H groups in total. The molecule has 0 radical (unpaired) electrons. The number of aromatic nitrogens is 5. The molecule has 6 heteroatoms. The van der Waals surface area contributed by atoms with Crippen LogP contribution in [0.2, 0.25) is 0 Å². The van der Waals surface area contributed by atoms with Gasteiger partial charge < -0.3 is 5.32 Å². The topological polar surface area (TPSA) is 71.4 Å². The molecule has 2 aromatic heterocycles. The minimum atomic E-state index is 0.647. The summed E-state index contributed by atoms with van der Waals surface area (Å²) in [6.45, 7) is 0.825. The molecule has 3 heterocycles. The smallest absolute Gasteiger partial charge is 0.179 e. The van der Waals surface area contributed by atoms with Gasteiger partial charge in [0.1, 0.15) is 5.82 Å². The molecule has 0 aliphatic carbocycles. The van der Waals surface area contributed by atoms with Crippen LogP contribution in [0.25, 0.3) is 16.6 Å². The highest BCUT2D eigenvalue weighted by Crippen LogP contribution is 2.38. The molecule has 0 saturated heterocycles. The normalized spacial score (nSPS) is 12.7. The van der Waals surface area contributed by atoms with Gasteiger partial charge in [-0.2, -0.15) is 5.21 Å². The number of nitrogens with one attached hydrogen (secondary N) is 2. The molecule has 5 rings (SSSR count). The van der Waals surface area contributed by atoms with E-state index in [0.717, 1.165) is 12.4 Å². The van der Waals surface area contributed by atoms with Crippen molar-refractivity contribution >= 4 is 16.7 Å². The van der Waals surface area contributed by atoms with Gasteiger partial charge in [-0.3, -0.25) is 4.57 Å². The fourth-order valence-corrected chi connectivity index (χ4v) is 3.39. The molecule has 0 fully saturated rings. The standard InChI is InChI=1S/C17H14N6/c1-3-7-14-11(5-1)10-18-17-13(9-16-19-21-22-20-16)12-6-2-4-8-15(12)23(14)17/h1-8,18H,9-10H2,(H,19,20,21,22). The maximum atomic E-state index is 4.11. The van der Waals surface area contributed by atoms with Gasteiger partial charge in [-0.25, -0.2) is 0 Å². The van der Waals surface area contributed by atoms with Crippen LogP contribution in [0.1, 0.15) is 17.0 Å². The summed E-state index contributed by atoms with van der Waals surface area (Å²) >= 11 is 0. The summed E-state index contributed by atoms with van der Waals surface area (Å²) in [6, 6.07) is 17.0.